The van der Waals surface area contributed by atoms with Gasteiger partial charge in [0.25, 0.3) is 5.91 Å². The Balaban J connectivity index is 2.70. The van der Waals surface area contributed by atoms with Crippen molar-refractivity contribution in [1.29, 1.82) is 0 Å². The molecule has 2 rings (SSSR count). The largest absolute Gasteiger partial charge is 0.345 e. The van der Waals surface area contributed by atoms with Crippen molar-refractivity contribution in [3.8, 4) is 0 Å². The topological polar surface area (TPSA) is 38.1 Å². The lowest BCUT2D eigenvalue weighted by Crippen LogP contribution is -2.22. The van der Waals surface area contributed by atoms with Crippen LogP contribution < -0.4 is 0 Å². The second-order valence-corrected chi connectivity index (χ2v) is 3.71. The molecule has 0 atom stereocenters. The molecule has 1 amide bonds. The summed E-state index contributed by atoms with van der Waals surface area (Å²) in [7, 11) is 5.34. The van der Waals surface area contributed by atoms with Gasteiger partial charge in [0, 0.05) is 26.5 Å². The van der Waals surface area contributed by atoms with Crippen LogP contribution in [0.3, 0.4) is 0 Å². The van der Waals surface area contributed by atoms with E-state index >= 15 is 0 Å². The maximum Gasteiger partial charge on any atom is 0.255 e. The zero-order chi connectivity index (χ0) is 11.0. The van der Waals surface area contributed by atoms with E-state index in [9.17, 15) is 4.79 Å². The molecule has 0 aliphatic carbocycles. The Labute approximate surface area is 88.1 Å². The predicted octanol–water partition coefficient (Wildman–Crippen LogP) is 1.28. The number of fused-ring (bicyclic) bond motifs is 1. The highest BCUT2D eigenvalue weighted by atomic mass is 16.2. The standard InChI is InChI=1S/C11H13N3O/c1-13(2)11(15)9-6-4-5-8-7-12-14(3)10(8)9/h4-7H,1-3H3. The van der Waals surface area contributed by atoms with Crippen molar-refractivity contribution >= 4 is 16.8 Å². The van der Waals surface area contributed by atoms with Crippen LogP contribution in [-0.4, -0.2) is 34.7 Å². The fourth-order valence-corrected chi connectivity index (χ4v) is 1.65. The second-order valence-electron chi connectivity index (χ2n) is 3.71. The molecule has 1 heterocycles. The molecule has 78 valence electrons. The summed E-state index contributed by atoms with van der Waals surface area (Å²) in [5, 5.41) is 5.13. The van der Waals surface area contributed by atoms with Crippen molar-refractivity contribution in [3.05, 3.63) is 30.0 Å². The van der Waals surface area contributed by atoms with E-state index in [4.69, 9.17) is 0 Å². The van der Waals surface area contributed by atoms with E-state index in [2.05, 4.69) is 5.10 Å². The molecule has 4 heteroatoms. The lowest BCUT2D eigenvalue weighted by atomic mass is 10.1. The quantitative estimate of drug-likeness (QED) is 0.700. The Morgan fingerprint density at radius 2 is 2.13 bits per heavy atom. The average Bonchev–Trinajstić information content (AvgIpc) is 2.59. The van der Waals surface area contributed by atoms with Gasteiger partial charge in [-0.05, 0) is 6.07 Å². The van der Waals surface area contributed by atoms with Gasteiger partial charge in [-0.2, -0.15) is 5.10 Å². The summed E-state index contributed by atoms with van der Waals surface area (Å²) in [5.41, 5.74) is 1.58. The second kappa shape index (κ2) is 3.38. The normalized spacial score (nSPS) is 10.6. The van der Waals surface area contributed by atoms with Crippen molar-refractivity contribution < 1.29 is 4.79 Å². The number of carbonyl (C=O) groups excluding carboxylic acids is 1. The van der Waals surface area contributed by atoms with Crippen LogP contribution in [0, 0.1) is 0 Å². The molecular formula is C11H13N3O. The Morgan fingerprint density at radius 1 is 1.40 bits per heavy atom. The van der Waals surface area contributed by atoms with Crippen LogP contribution in [0.4, 0.5) is 0 Å². The Kier molecular flexibility index (Phi) is 2.19. The lowest BCUT2D eigenvalue weighted by molar-refractivity contribution is 0.0829. The van der Waals surface area contributed by atoms with E-state index in [0.29, 0.717) is 5.56 Å². The minimum Gasteiger partial charge on any atom is -0.345 e. The molecular weight excluding hydrogens is 190 g/mol. The molecule has 1 aromatic heterocycles. The number of nitrogens with zero attached hydrogens (tertiary/aromatic N) is 3. The summed E-state index contributed by atoms with van der Waals surface area (Å²) in [6.45, 7) is 0. The molecule has 15 heavy (non-hydrogen) atoms. The van der Waals surface area contributed by atoms with Crippen LogP contribution in [0.1, 0.15) is 10.4 Å². The number of amides is 1. The zero-order valence-corrected chi connectivity index (χ0v) is 9.06. The van der Waals surface area contributed by atoms with Crippen LogP contribution >= 0.6 is 0 Å². The minimum absolute atomic E-state index is 0.00389. The highest BCUT2D eigenvalue weighted by molar-refractivity contribution is 6.05. The van der Waals surface area contributed by atoms with Gasteiger partial charge in [-0.15, -0.1) is 0 Å². The van der Waals surface area contributed by atoms with Crippen LogP contribution in [0.2, 0.25) is 0 Å². The first-order valence-corrected chi connectivity index (χ1v) is 4.73. The van der Waals surface area contributed by atoms with Crippen LogP contribution in [-0.2, 0) is 7.05 Å². The van der Waals surface area contributed by atoms with Crippen molar-refractivity contribution in [2.75, 3.05) is 14.1 Å². The smallest absolute Gasteiger partial charge is 0.255 e. The van der Waals surface area contributed by atoms with Crippen molar-refractivity contribution in [2.45, 2.75) is 0 Å². The molecule has 2 aromatic rings. The fraction of sp³-hybridized carbons (Fsp3) is 0.273. The van der Waals surface area contributed by atoms with Gasteiger partial charge in [-0.1, -0.05) is 12.1 Å². The van der Waals surface area contributed by atoms with Gasteiger partial charge in [0.1, 0.15) is 0 Å². The van der Waals surface area contributed by atoms with Crippen molar-refractivity contribution in [1.82, 2.24) is 14.7 Å². The minimum atomic E-state index is 0.00389. The first-order valence-electron chi connectivity index (χ1n) is 4.73. The van der Waals surface area contributed by atoms with E-state index in [-0.39, 0.29) is 5.91 Å². The number of para-hydroxylation sites is 1. The van der Waals surface area contributed by atoms with Gasteiger partial charge in [0.15, 0.2) is 0 Å². The summed E-state index contributed by atoms with van der Waals surface area (Å²) < 4.78 is 1.73. The van der Waals surface area contributed by atoms with Crippen LogP contribution in [0.15, 0.2) is 24.4 Å². The highest BCUT2D eigenvalue weighted by Gasteiger charge is 2.14. The fourth-order valence-electron chi connectivity index (χ4n) is 1.65. The summed E-state index contributed by atoms with van der Waals surface area (Å²) in [6, 6.07) is 5.65. The summed E-state index contributed by atoms with van der Waals surface area (Å²) in [5.74, 6) is 0.00389. The van der Waals surface area contributed by atoms with E-state index < -0.39 is 0 Å². The molecule has 0 bridgehead atoms. The number of aryl methyl sites for hydroxylation is 1. The van der Waals surface area contributed by atoms with Gasteiger partial charge in [-0.25, -0.2) is 0 Å². The molecule has 0 radical (unpaired) electrons. The van der Waals surface area contributed by atoms with Crippen LogP contribution in [0.5, 0.6) is 0 Å². The maximum absolute atomic E-state index is 11.9. The molecule has 0 fully saturated rings. The summed E-state index contributed by atoms with van der Waals surface area (Å²) >= 11 is 0. The van der Waals surface area contributed by atoms with Gasteiger partial charge < -0.3 is 4.90 Å². The van der Waals surface area contributed by atoms with E-state index in [1.54, 1.807) is 29.9 Å². The van der Waals surface area contributed by atoms with Crippen molar-refractivity contribution in [2.24, 2.45) is 7.05 Å². The Bertz CT molecular complexity index is 514. The molecule has 0 aliphatic rings. The number of benzene rings is 1. The molecule has 0 unspecified atom stereocenters. The molecule has 0 N–H and O–H groups in total. The van der Waals surface area contributed by atoms with Crippen molar-refractivity contribution in [3.63, 3.8) is 0 Å². The van der Waals surface area contributed by atoms with E-state index in [1.165, 1.54) is 0 Å². The first kappa shape index (κ1) is 9.71. The van der Waals surface area contributed by atoms with E-state index in [1.807, 2.05) is 25.2 Å². The summed E-state index contributed by atoms with van der Waals surface area (Å²) in [4.78, 5) is 13.5. The first-order chi connectivity index (χ1) is 7.11. The molecule has 0 saturated carbocycles. The third-order valence-electron chi connectivity index (χ3n) is 2.40. The monoisotopic (exact) mass is 203 g/mol. The number of hydrogen-bond donors (Lipinski definition) is 0. The van der Waals surface area contributed by atoms with Gasteiger partial charge in [0.2, 0.25) is 0 Å². The predicted molar refractivity (Wildman–Crippen MR) is 58.7 cm³/mol. The molecule has 1 aromatic carbocycles. The molecule has 0 aliphatic heterocycles. The third kappa shape index (κ3) is 1.48. The van der Waals surface area contributed by atoms with Gasteiger partial charge >= 0.3 is 0 Å². The van der Waals surface area contributed by atoms with Gasteiger partial charge in [0.05, 0.1) is 17.3 Å². The lowest BCUT2D eigenvalue weighted by Gasteiger charge is -2.11. The highest BCUT2D eigenvalue weighted by Crippen LogP contribution is 2.18. The Morgan fingerprint density at radius 3 is 2.80 bits per heavy atom. The maximum atomic E-state index is 11.9. The Hall–Kier alpha value is -1.84. The average molecular weight is 203 g/mol. The molecule has 4 nitrogen and oxygen atoms in total. The number of hydrogen-bond acceptors (Lipinski definition) is 2. The molecule has 0 saturated heterocycles. The number of carbonyl (C=O) groups is 1. The third-order valence-corrected chi connectivity index (χ3v) is 2.40. The number of aromatic nitrogens is 2. The molecule has 0 spiro atoms. The number of rotatable bonds is 1. The van der Waals surface area contributed by atoms with Crippen LogP contribution in [0.25, 0.3) is 10.9 Å². The SMILES string of the molecule is CN(C)C(=O)c1cccc2cnn(C)c12. The van der Waals surface area contributed by atoms with E-state index in [0.717, 1.165) is 10.9 Å². The summed E-state index contributed by atoms with van der Waals surface area (Å²) in [6.07, 6.45) is 1.77. The zero-order valence-electron chi connectivity index (χ0n) is 9.06. The van der Waals surface area contributed by atoms with Gasteiger partial charge in [-0.3, -0.25) is 9.48 Å².